The first-order valence-corrected chi connectivity index (χ1v) is 9.12. The van der Waals surface area contributed by atoms with E-state index >= 15 is 0 Å². The van der Waals surface area contributed by atoms with Gasteiger partial charge in [-0.15, -0.1) is 0 Å². The third kappa shape index (κ3) is 4.23. The first kappa shape index (κ1) is 16.7. The minimum absolute atomic E-state index is 0.0403. The van der Waals surface area contributed by atoms with Crippen LogP contribution >= 0.6 is 0 Å². The molecule has 0 saturated carbocycles. The number of hydrogen-bond acceptors (Lipinski definition) is 4. The van der Waals surface area contributed by atoms with Crippen molar-refractivity contribution in [1.29, 1.82) is 0 Å². The Balaban J connectivity index is 1.40. The normalized spacial score (nSPS) is 27.4. The highest BCUT2D eigenvalue weighted by Crippen LogP contribution is 2.23. The van der Waals surface area contributed by atoms with Gasteiger partial charge in [0.2, 0.25) is 11.8 Å². The molecular weight excluding hydrogens is 292 g/mol. The van der Waals surface area contributed by atoms with Gasteiger partial charge in [-0.3, -0.25) is 9.59 Å². The van der Waals surface area contributed by atoms with Crippen LogP contribution in [0.4, 0.5) is 0 Å². The van der Waals surface area contributed by atoms with Crippen LogP contribution in [-0.4, -0.2) is 85.4 Å². The van der Waals surface area contributed by atoms with Gasteiger partial charge in [-0.2, -0.15) is 0 Å². The summed E-state index contributed by atoms with van der Waals surface area (Å²) in [6.45, 7) is 6.28. The maximum atomic E-state index is 12.4. The summed E-state index contributed by atoms with van der Waals surface area (Å²) in [6.07, 6.45) is 4.68. The number of piperidine rings is 1. The zero-order valence-corrected chi connectivity index (χ0v) is 14.3. The molecule has 130 valence electrons. The number of carbonyl (C=O) groups is 2. The predicted octanol–water partition coefficient (Wildman–Crippen LogP) is 0.141. The van der Waals surface area contributed by atoms with E-state index in [0.717, 1.165) is 71.5 Å². The molecule has 0 radical (unpaired) electrons. The zero-order valence-electron chi connectivity index (χ0n) is 14.3. The van der Waals surface area contributed by atoms with Crippen LogP contribution in [-0.2, 0) is 9.59 Å². The lowest BCUT2D eigenvalue weighted by molar-refractivity contribution is -0.136. The van der Waals surface area contributed by atoms with E-state index in [0.29, 0.717) is 18.2 Å². The van der Waals surface area contributed by atoms with Crippen LogP contribution in [0.15, 0.2) is 0 Å². The molecule has 6 nitrogen and oxygen atoms in total. The van der Waals surface area contributed by atoms with Crippen molar-refractivity contribution < 1.29 is 9.59 Å². The van der Waals surface area contributed by atoms with Crippen LogP contribution in [0.25, 0.3) is 0 Å². The van der Waals surface area contributed by atoms with Crippen molar-refractivity contribution in [2.45, 2.75) is 38.1 Å². The second-order valence-electron chi connectivity index (χ2n) is 7.31. The Morgan fingerprint density at radius 3 is 2.26 bits per heavy atom. The number of amides is 2. The lowest BCUT2D eigenvalue weighted by Crippen LogP contribution is -2.49. The first-order valence-electron chi connectivity index (χ1n) is 9.12. The van der Waals surface area contributed by atoms with Crippen LogP contribution in [0, 0.1) is 5.92 Å². The number of carbonyl (C=O) groups excluding carboxylic acids is 2. The number of hydrogen-bond donors (Lipinski definition) is 1. The van der Waals surface area contributed by atoms with Gasteiger partial charge in [0.25, 0.3) is 0 Å². The highest BCUT2D eigenvalue weighted by atomic mass is 16.2. The van der Waals surface area contributed by atoms with Crippen molar-refractivity contribution in [2.24, 2.45) is 5.92 Å². The van der Waals surface area contributed by atoms with Crippen molar-refractivity contribution in [2.75, 3.05) is 52.9 Å². The Morgan fingerprint density at radius 1 is 0.957 bits per heavy atom. The predicted molar refractivity (Wildman–Crippen MR) is 89.0 cm³/mol. The zero-order chi connectivity index (χ0) is 16.2. The monoisotopic (exact) mass is 322 g/mol. The summed E-state index contributed by atoms with van der Waals surface area (Å²) in [7, 11) is 2.10. The van der Waals surface area contributed by atoms with E-state index in [2.05, 4.69) is 17.3 Å². The maximum absolute atomic E-state index is 12.4. The first-order chi connectivity index (χ1) is 11.1. The molecule has 1 N–H and O–H groups in total. The van der Waals surface area contributed by atoms with Gasteiger partial charge in [-0.1, -0.05) is 0 Å². The molecule has 0 spiro atoms. The Labute approximate surface area is 139 Å². The topological polar surface area (TPSA) is 55.9 Å². The highest BCUT2D eigenvalue weighted by molar-refractivity contribution is 5.82. The summed E-state index contributed by atoms with van der Waals surface area (Å²) < 4.78 is 0. The molecular formula is C17H30N4O2. The lowest BCUT2D eigenvalue weighted by atomic mass is 9.92. The number of rotatable bonds is 3. The van der Waals surface area contributed by atoms with Crippen molar-refractivity contribution in [3.8, 4) is 0 Å². The summed E-state index contributed by atoms with van der Waals surface area (Å²) in [4.78, 5) is 31.1. The molecule has 3 fully saturated rings. The van der Waals surface area contributed by atoms with Crippen LogP contribution in [0.1, 0.15) is 32.1 Å². The molecule has 1 unspecified atom stereocenters. The number of likely N-dealkylation sites (tertiary alicyclic amines) is 1. The van der Waals surface area contributed by atoms with E-state index in [4.69, 9.17) is 0 Å². The molecule has 3 aliphatic rings. The van der Waals surface area contributed by atoms with Crippen molar-refractivity contribution in [1.82, 2.24) is 20.0 Å². The Bertz CT molecular complexity index is 420. The van der Waals surface area contributed by atoms with E-state index in [9.17, 15) is 9.59 Å². The van der Waals surface area contributed by atoms with Gasteiger partial charge in [0, 0.05) is 45.7 Å². The van der Waals surface area contributed by atoms with Crippen LogP contribution in [0.2, 0.25) is 0 Å². The average Bonchev–Trinajstić information content (AvgIpc) is 3.10. The number of piperazine rings is 1. The molecule has 3 aliphatic heterocycles. The molecule has 23 heavy (non-hydrogen) atoms. The summed E-state index contributed by atoms with van der Waals surface area (Å²) in [6, 6.07) is 0.0403. The van der Waals surface area contributed by atoms with Crippen molar-refractivity contribution in [3.63, 3.8) is 0 Å². The van der Waals surface area contributed by atoms with E-state index in [1.165, 1.54) is 0 Å². The second kappa shape index (κ2) is 7.62. The smallest absolute Gasteiger partial charge is 0.239 e. The van der Waals surface area contributed by atoms with Gasteiger partial charge in [-0.05, 0) is 45.2 Å². The molecule has 3 saturated heterocycles. The molecule has 0 bridgehead atoms. The van der Waals surface area contributed by atoms with Crippen LogP contribution in [0.3, 0.4) is 0 Å². The Hall–Kier alpha value is -1.14. The van der Waals surface area contributed by atoms with E-state index in [-0.39, 0.29) is 11.9 Å². The number of likely N-dealkylation sites (N-methyl/N-ethyl adjacent to an activating group) is 1. The van der Waals surface area contributed by atoms with Crippen molar-refractivity contribution in [3.05, 3.63) is 0 Å². The summed E-state index contributed by atoms with van der Waals surface area (Å²) >= 11 is 0. The molecule has 3 rings (SSSR count). The van der Waals surface area contributed by atoms with Gasteiger partial charge in [0.05, 0.1) is 6.04 Å². The summed E-state index contributed by atoms with van der Waals surface area (Å²) in [5, 5.41) is 3.29. The molecule has 3 heterocycles. The Kier molecular flexibility index (Phi) is 5.54. The van der Waals surface area contributed by atoms with Gasteiger partial charge in [-0.25, -0.2) is 0 Å². The molecule has 6 heteroatoms. The third-order valence-electron chi connectivity index (χ3n) is 5.60. The molecule has 0 aromatic rings. The molecule has 2 amide bonds. The van der Waals surface area contributed by atoms with E-state index in [1.807, 2.05) is 9.80 Å². The molecule has 1 atom stereocenters. The van der Waals surface area contributed by atoms with E-state index < -0.39 is 0 Å². The SMILES string of the molecule is CN1CCN(C(=O)CC2CCN(C(=O)C3CCCN3)CC2)CC1. The quantitative estimate of drug-likeness (QED) is 0.803. The third-order valence-corrected chi connectivity index (χ3v) is 5.60. The van der Waals surface area contributed by atoms with Gasteiger partial charge >= 0.3 is 0 Å². The molecule has 0 aromatic carbocycles. The van der Waals surface area contributed by atoms with Crippen LogP contribution in [0.5, 0.6) is 0 Å². The summed E-state index contributed by atoms with van der Waals surface area (Å²) in [5.41, 5.74) is 0. The van der Waals surface area contributed by atoms with Crippen LogP contribution < -0.4 is 5.32 Å². The van der Waals surface area contributed by atoms with Crippen molar-refractivity contribution >= 4 is 11.8 Å². The highest BCUT2D eigenvalue weighted by Gasteiger charge is 2.31. The fourth-order valence-electron chi connectivity index (χ4n) is 3.91. The largest absolute Gasteiger partial charge is 0.341 e. The Morgan fingerprint density at radius 2 is 1.65 bits per heavy atom. The number of nitrogens with one attached hydrogen (secondary N) is 1. The minimum atomic E-state index is 0.0403. The maximum Gasteiger partial charge on any atom is 0.239 e. The minimum Gasteiger partial charge on any atom is -0.341 e. The lowest BCUT2D eigenvalue weighted by Gasteiger charge is -2.36. The summed E-state index contributed by atoms with van der Waals surface area (Å²) in [5.74, 6) is 1.02. The van der Waals surface area contributed by atoms with E-state index in [1.54, 1.807) is 0 Å². The van der Waals surface area contributed by atoms with Gasteiger partial charge in [0.15, 0.2) is 0 Å². The fourth-order valence-corrected chi connectivity index (χ4v) is 3.91. The molecule has 0 aromatic heterocycles. The standard InChI is InChI=1S/C17H30N4O2/c1-19-9-11-20(12-10-19)16(22)13-14-4-7-21(8-5-14)17(23)15-3-2-6-18-15/h14-15,18H,2-13H2,1H3. The fraction of sp³-hybridized carbons (Fsp3) is 0.882. The average molecular weight is 322 g/mol. The van der Waals surface area contributed by atoms with Gasteiger partial charge in [0.1, 0.15) is 0 Å². The number of nitrogens with zero attached hydrogens (tertiary/aromatic N) is 3. The van der Waals surface area contributed by atoms with Gasteiger partial charge < -0.3 is 20.0 Å². The second-order valence-corrected chi connectivity index (χ2v) is 7.31. The molecule has 0 aliphatic carbocycles.